The second kappa shape index (κ2) is 5.44. The Morgan fingerprint density at radius 3 is 2.63 bits per heavy atom. The van der Waals surface area contributed by atoms with Crippen LogP contribution in [0.5, 0.6) is 0 Å². The molecule has 0 fully saturated rings. The molecular formula is C13H14BrN3O2. The molecule has 0 amide bonds. The number of benzene rings is 1. The lowest BCUT2D eigenvalue weighted by atomic mass is 10.2. The first-order valence-electron chi connectivity index (χ1n) is 5.74. The maximum atomic E-state index is 11.2. The molecule has 0 saturated heterocycles. The third-order valence-electron chi connectivity index (χ3n) is 2.81. The molecule has 0 aliphatic carbocycles. The van der Waals surface area contributed by atoms with Gasteiger partial charge in [0.2, 0.25) is 0 Å². The Bertz CT molecular complexity index is 605. The molecule has 2 N–H and O–H groups in total. The highest BCUT2D eigenvalue weighted by molar-refractivity contribution is 9.10. The van der Waals surface area contributed by atoms with Gasteiger partial charge in [-0.2, -0.15) is 5.10 Å². The van der Waals surface area contributed by atoms with E-state index in [-0.39, 0.29) is 5.56 Å². The summed E-state index contributed by atoms with van der Waals surface area (Å²) in [6.07, 6.45) is 0. The van der Waals surface area contributed by atoms with Crippen molar-refractivity contribution < 1.29 is 9.90 Å². The van der Waals surface area contributed by atoms with Gasteiger partial charge in [-0.05, 0) is 24.6 Å². The van der Waals surface area contributed by atoms with Crippen molar-refractivity contribution in [3.8, 4) is 0 Å². The Balaban J connectivity index is 2.20. The lowest BCUT2D eigenvalue weighted by Gasteiger charge is -2.08. The van der Waals surface area contributed by atoms with E-state index in [1.807, 2.05) is 24.3 Å². The molecule has 6 heteroatoms. The van der Waals surface area contributed by atoms with Crippen LogP contribution in [0.15, 0.2) is 28.7 Å². The lowest BCUT2D eigenvalue weighted by molar-refractivity contribution is 0.0697. The maximum Gasteiger partial charge on any atom is 0.341 e. The van der Waals surface area contributed by atoms with E-state index in [1.54, 1.807) is 18.7 Å². The number of rotatable bonds is 4. The number of nitrogens with zero attached hydrogens (tertiary/aromatic N) is 2. The zero-order chi connectivity index (χ0) is 14.0. The molecule has 2 rings (SSSR count). The molecule has 0 saturated carbocycles. The van der Waals surface area contributed by atoms with Crippen LogP contribution < -0.4 is 5.32 Å². The molecule has 0 spiro atoms. The molecule has 5 nitrogen and oxygen atoms in total. The van der Waals surface area contributed by atoms with Crippen molar-refractivity contribution in [2.24, 2.45) is 7.05 Å². The zero-order valence-corrected chi connectivity index (χ0v) is 12.2. The van der Waals surface area contributed by atoms with Gasteiger partial charge >= 0.3 is 5.97 Å². The average molecular weight is 324 g/mol. The minimum atomic E-state index is -0.969. The third-order valence-corrected chi connectivity index (χ3v) is 3.34. The van der Waals surface area contributed by atoms with E-state index < -0.39 is 5.97 Å². The second-order valence-corrected chi connectivity index (χ2v) is 5.13. The van der Waals surface area contributed by atoms with Gasteiger partial charge in [0.1, 0.15) is 11.4 Å². The van der Waals surface area contributed by atoms with Crippen LogP contribution in [0.25, 0.3) is 0 Å². The Hall–Kier alpha value is -1.82. The Morgan fingerprint density at radius 2 is 2.05 bits per heavy atom. The van der Waals surface area contributed by atoms with Gasteiger partial charge in [0.05, 0.1) is 5.69 Å². The molecule has 1 aromatic heterocycles. The van der Waals surface area contributed by atoms with Crippen molar-refractivity contribution in [1.82, 2.24) is 9.78 Å². The summed E-state index contributed by atoms with van der Waals surface area (Å²) in [6, 6.07) is 7.84. The summed E-state index contributed by atoms with van der Waals surface area (Å²) in [5.74, 6) is -0.447. The molecule has 0 bridgehead atoms. The first kappa shape index (κ1) is 13.6. The summed E-state index contributed by atoms with van der Waals surface area (Å²) in [4.78, 5) is 11.2. The van der Waals surface area contributed by atoms with Gasteiger partial charge in [-0.3, -0.25) is 4.68 Å². The number of aromatic carboxylic acids is 1. The number of hydrogen-bond donors (Lipinski definition) is 2. The number of carboxylic acid groups (broad SMARTS) is 1. The minimum absolute atomic E-state index is 0.222. The quantitative estimate of drug-likeness (QED) is 0.907. The molecule has 1 aromatic carbocycles. The van der Waals surface area contributed by atoms with Gasteiger partial charge in [-0.1, -0.05) is 28.1 Å². The van der Waals surface area contributed by atoms with E-state index in [9.17, 15) is 9.90 Å². The van der Waals surface area contributed by atoms with Crippen molar-refractivity contribution in [2.45, 2.75) is 13.5 Å². The van der Waals surface area contributed by atoms with Crippen LogP contribution in [0, 0.1) is 6.92 Å². The summed E-state index contributed by atoms with van der Waals surface area (Å²) < 4.78 is 2.57. The zero-order valence-electron chi connectivity index (χ0n) is 10.6. The Morgan fingerprint density at radius 1 is 1.42 bits per heavy atom. The predicted molar refractivity (Wildman–Crippen MR) is 76.4 cm³/mol. The Labute approximate surface area is 119 Å². The van der Waals surface area contributed by atoms with Crippen LogP contribution >= 0.6 is 15.9 Å². The van der Waals surface area contributed by atoms with Crippen LogP contribution in [0.2, 0.25) is 0 Å². The summed E-state index contributed by atoms with van der Waals surface area (Å²) in [5.41, 5.74) is 1.80. The van der Waals surface area contributed by atoms with Gasteiger partial charge < -0.3 is 10.4 Å². The van der Waals surface area contributed by atoms with Crippen LogP contribution in [-0.4, -0.2) is 20.9 Å². The van der Waals surface area contributed by atoms with Crippen LogP contribution in [0.3, 0.4) is 0 Å². The molecule has 19 heavy (non-hydrogen) atoms. The molecule has 0 atom stereocenters. The highest BCUT2D eigenvalue weighted by atomic mass is 79.9. The highest BCUT2D eigenvalue weighted by Gasteiger charge is 2.19. The van der Waals surface area contributed by atoms with E-state index in [2.05, 4.69) is 26.3 Å². The maximum absolute atomic E-state index is 11.2. The van der Waals surface area contributed by atoms with Crippen molar-refractivity contribution in [3.63, 3.8) is 0 Å². The van der Waals surface area contributed by atoms with E-state index in [0.29, 0.717) is 18.1 Å². The Kier molecular flexibility index (Phi) is 3.90. The first-order valence-corrected chi connectivity index (χ1v) is 6.53. The number of hydrogen-bond acceptors (Lipinski definition) is 3. The standard InChI is InChI=1S/C13H14BrN3O2/c1-8-11(13(18)19)12(17(2)16-8)15-7-9-3-5-10(14)6-4-9/h3-6,15H,7H2,1-2H3,(H,18,19). The number of carbonyl (C=O) groups is 1. The van der Waals surface area contributed by atoms with Crippen LogP contribution in [-0.2, 0) is 13.6 Å². The van der Waals surface area contributed by atoms with Crippen molar-refractivity contribution in [1.29, 1.82) is 0 Å². The van der Waals surface area contributed by atoms with Crippen molar-refractivity contribution in [3.05, 3.63) is 45.6 Å². The van der Waals surface area contributed by atoms with Crippen LogP contribution in [0.4, 0.5) is 5.82 Å². The fraction of sp³-hybridized carbons (Fsp3) is 0.231. The SMILES string of the molecule is Cc1nn(C)c(NCc2ccc(Br)cc2)c1C(=O)O. The number of nitrogens with one attached hydrogen (secondary N) is 1. The fourth-order valence-corrected chi connectivity index (χ4v) is 2.17. The van der Waals surface area contributed by atoms with E-state index in [4.69, 9.17) is 0 Å². The lowest BCUT2D eigenvalue weighted by Crippen LogP contribution is -2.09. The highest BCUT2D eigenvalue weighted by Crippen LogP contribution is 2.20. The minimum Gasteiger partial charge on any atom is -0.477 e. The summed E-state index contributed by atoms with van der Waals surface area (Å²) in [6.45, 7) is 2.24. The first-order chi connectivity index (χ1) is 8.99. The number of aromatic nitrogens is 2. The second-order valence-electron chi connectivity index (χ2n) is 4.22. The molecule has 0 aliphatic rings. The van der Waals surface area contributed by atoms with Gasteiger partial charge in [-0.15, -0.1) is 0 Å². The summed E-state index contributed by atoms with van der Waals surface area (Å²) in [5, 5.41) is 16.4. The average Bonchev–Trinajstić information content (AvgIpc) is 2.63. The van der Waals surface area contributed by atoms with Gasteiger partial charge in [0.25, 0.3) is 0 Å². The third kappa shape index (κ3) is 2.96. The van der Waals surface area contributed by atoms with Crippen LogP contribution in [0.1, 0.15) is 21.6 Å². The number of halogens is 1. The molecule has 100 valence electrons. The topological polar surface area (TPSA) is 67.2 Å². The fourth-order valence-electron chi connectivity index (χ4n) is 1.91. The summed E-state index contributed by atoms with van der Waals surface area (Å²) >= 11 is 3.37. The van der Waals surface area contributed by atoms with E-state index in [0.717, 1.165) is 10.0 Å². The number of aryl methyl sites for hydroxylation is 2. The van der Waals surface area contributed by atoms with E-state index >= 15 is 0 Å². The van der Waals surface area contributed by atoms with Crippen molar-refractivity contribution in [2.75, 3.05) is 5.32 Å². The van der Waals surface area contributed by atoms with E-state index in [1.165, 1.54) is 0 Å². The smallest absolute Gasteiger partial charge is 0.341 e. The summed E-state index contributed by atoms with van der Waals surface area (Å²) in [7, 11) is 1.73. The molecule has 1 heterocycles. The molecule has 0 radical (unpaired) electrons. The van der Waals surface area contributed by atoms with Gasteiger partial charge in [-0.25, -0.2) is 4.79 Å². The molecule has 0 unspecified atom stereocenters. The largest absolute Gasteiger partial charge is 0.477 e. The molecular weight excluding hydrogens is 310 g/mol. The normalized spacial score (nSPS) is 10.5. The number of carboxylic acids is 1. The molecule has 2 aromatic rings. The molecule has 0 aliphatic heterocycles. The van der Waals surface area contributed by atoms with Gasteiger partial charge in [0.15, 0.2) is 0 Å². The number of anilines is 1. The van der Waals surface area contributed by atoms with Gasteiger partial charge in [0, 0.05) is 18.1 Å². The monoisotopic (exact) mass is 323 g/mol. The predicted octanol–water partition coefficient (Wildman–Crippen LogP) is 2.80. The van der Waals surface area contributed by atoms with Crippen molar-refractivity contribution >= 4 is 27.7 Å².